The molecule has 3 unspecified atom stereocenters. The number of benzene rings is 1. The molecule has 1 fully saturated rings. The van der Waals surface area contributed by atoms with Gasteiger partial charge >= 0.3 is 5.97 Å². The molecule has 2 rings (SSSR count). The van der Waals surface area contributed by atoms with Crippen LogP contribution in [0, 0.1) is 0 Å². The van der Waals surface area contributed by atoms with Gasteiger partial charge in [-0.15, -0.1) is 0 Å². The molecule has 1 aliphatic rings. The maximum absolute atomic E-state index is 12.6. The Labute approximate surface area is 124 Å². The van der Waals surface area contributed by atoms with Crippen LogP contribution in [0.2, 0.25) is 0 Å². The summed E-state index contributed by atoms with van der Waals surface area (Å²) in [5.74, 6) is -0.380. The molecule has 0 spiro atoms. The zero-order chi connectivity index (χ0) is 15.3. The molecule has 1 aromatic rings. The van der Waals surface area contributed by atoms with Gasteiger partial charge < -0.3 is 14.4 Å². The van der Waals surface area contributed by atoms with Gasteiger partial charge in [0.25, 0.3) is 0 Å². The Morgan fingerprint density at radius 3 is 2.81 bits per heavy atom. The SMILES string of the molecule is CCCC(=O)OC1OCCC1P(=O)(O)Cc1ccccc1. The quantitative estimate of drug-likeness (QED) is 0.646. The number of esters is 1. The van der Waals surface area contributed by atoms with E-state index in [-0.39, 0.29) is 12.1 Å². The smallest absolute Gasteiger partial charge is 0.308 e. The van der Waals surface area contributed by atoms with Crippen LogP contribution in [0.15, 0.2) is 30.3 Å². The number of ether oxygens (including phenoxy) is 2. The van der Waals surface area contributed by atoms with Crippen LogP contribution in [0.25, 0.3) is 0 Å². The Bertz CT molecular complexity index is 516. The van der Waals surface area contributed by atoms with Gasteiger partial charge in [-0.25, -0.2) is 0 Å². The van der Waals surface area contributed by atoms with Crippen molar-refractivity contribution in [2.75, 3.05) is 6.61 Å². The Morgan fingerprint density at radius 1 is 1.43 bits per heavy atom. The van der Waals surface area contributed by atoms with Crippen molar-refractivity contribution in [2.45, 2.75) is 44.3 Å². The molecule has 0 aliphatic carbocycles. The summed E-state index contributed by atoms with van der Waals surface area (Å²) in [6, 6.07) is 9.16. The van der Waals surface area contributed by atoms with E-state index in [1.54, 1.807) is 0 Å². The minimum absolute atomic E-state index is 0.0731. The van der Waals surface area contributed by atoms with Crippen molar-refractivity contribution in [3.63, 3.8) is 0 Å². The largest absolute Gasteiger partial charge is 0.435 e. The first kappa shape index (κ1) is 16.2. The molecule has 3 atom stereocenters. The monoisotopic (exact) mass is 312 g/mol. The predicted octanol–water partition coefficient (Wildman–Crippen LogP) is 2.92. The van der Waals surface area contributed by atoms with E-state index in [1.165, 1.54) is 0 Å². The van der Waals surface area contributed by atoms with Crippen LogP contribution in [-0.4, -0.2) is 29.4 Å². The number of hydrogen-bond acceptors (Lipinski definition) is 4. The highest BCUT2D eigenvalue weighted by Gasteiger charge is 2.43. The third-order valence-electron chi connectivity index (χ3n) is 3.48. The Morgan fingerprint density at radius 2 is 2.14 bits per heavy atom. The van der Waals surface area contributed by atoms with Gasteiger partial charge in [0.15, 0.2) is 0 Å². The topological polar surface area (TPSA) is 72.8 Å². The van der Waals surface area contributed by atoms with Crippen molar-refractivity contribution in [1.82, 2.24) is 0 Å². The molecule has 0 bridgehead atoms. The number of carbonyl (C=O) groups excluding carboxylic acids is 1. The van der Waals surface area contributed by atoms with Gasteiger partial charge in [0.2, 0.25) is 13.7 Å². The van der Waals surface area contributed by atoms with E-state index in [0.29, 0.717) is 25.9 Å². The second-order valence-electron chi connectivity index (χ2n) is 5.23. The third kappa shape index (κ3) is 4.40. The molecule has 0 radical (unpaired) electrons. The molecule has 116 valence electrons. The van der Waals surface area contributed by atoms with Crippen LogP contribution < -0.4 is 0 Å². The molecule has 1 saturated heterocycles. The summed E-state index contributed by atoms with van der Waals surface area (Å²) in [6.07, 6.45) is 0.579. The molecule has 0 saturated carbocycles. The van der Waals surface area contributed by atoms with Crippen molar-refractivity contribution in [1.29, 1.82) is 0 Å². The second-order valence-corrected chi connectivity index (χ2v) is 7.73. The van der Waals surface area contributed by atoms with E-state index in [1.807, 2.05) is 37.3 Å². The summed E-state index contributed by atoms with van der Waals surface area (Å²) >= 11 is 0. The molecule has 1 aliphatic heterocycles. The summed E-state index contributed by atoms with van der Waals surface area (Å²) in [4.78, 5) is 21.9. The zero-order valence-electron chi connectivity index (χ0n) is 12.1. The van der Waals surface area contributed by atoms with Crippen LogP contribution in [0.5, 0.6) is 0 Å². The standard InChI is InChI=1S/C15H21O5P/c1-2-6-14(16)20-15-13(9-10-19-15)21(17,18)11-12-7-4-3-5-8-12/h3-5,7-8,13,15H,2,6,9-11H2,1H3,(H,17,18). The maximum Gasteiger partial charge on any atom is 0.308 e. The van der Waals surface area contributed by atoms with Gasteiger partial charge in [0.1, 0.15) is 5.66 Å². The lowest BCUT2D eigenvalue weighted by molar-refractivity contribution is -0.169. The molecule has 0 aromatic heterocycles. The first-order valence-corrected chi connectivity index (χ1v) is 9.11. The zero-order valence-corrected chi connectivity index (χ0v) is 13.0. The third-order valence-corrected chi connectivity index (χ3v) is 5.84. The fourth-order valence-electron chi connectivity index (χ4n) is 2.41. The molecule has 1 heterocycles. The summed E-state index contributed by atoms with van der Waals surface area (Å²) < 4.78 is 23.1. The minimum atomic E-state index is -3.50. The van der Waals surface area contributed by atoms with Gasteiger partial charge in [-0.1, -0.05) is 37.3 Å². The van der Waals surface area contributed by atoms with Gasteiger partial charge in [-0.2, -0.15) is 0 Å². The number of hydrogen-bond donors (Lipinski definition) is 1. The summed E-state index contributed by atoms with van der Waals surface area (Å²) in [5, 5.41) is 0. The van der Waals surface area contributed by atoms with Crippen molar-refractivity contribution >= 4 is 13.3 Å². The summed E-state index contributed by atoms with van der Waals surface area (Å²) in [5.41, 5.74) is 0.160. The first-order chi connectivity index (χ1) is 10.0. The van der Waals surface area contributed by atoms with E-state index in [2.05, 4.69) is 0 Å². The average molecular weight is 312 g/mol. The van der Waals surface area contributed by atoms with E-state index in [0.717, 1.165) is 5.56 Å². The molecule has 1 N–H and O–H groups in total. The molecule has 6 heteroatoms. The van der Waals surface area contributed by atoms with Gasteiger partial charge in [-0.05, 0) is 18.4 Å². The maximum atomic E-state index is 12.6. The Kier molecular flexibility index (Phi) is 5.57. The summed E-state index contributed by atoms with van der Waals surface area (Å²) in [7, 11) is -3.50. The molecule has 1 aromatic carbocycles. The van der Waals surface area contributed by atoms with Crippen molar-refractivity contribution in [3.8, 4) is 0 Å². The van der Waals surface area contributed by atoms with Crippen LogP contribution in [0.3, 0.4) is 0 Å². The van der Waals surface area contributed by atoms with E-state index < -0.39 is 19.3 Å². The lowest BCUT2D eigenvalue weighted by Crippen LogP contribution is -2.28. The fourth-order valence-corrected chi connectivity index (χ4v) is 4.42. The first-order valence-electron chi connectivity index (χ1n) is 7.19. The van der Waals surface area contributed by atoms with Crippen LogP contribution in [0.1, 0.15) is 31.7 Å². The van der Waals surface area contributed by atoms with E-state index in [4.69, 9.17) is 9.47 Å². The highest BCUT2D eigenvalue weighted by Crippen LogP contribution is 2.54. The predicted molar refractivity (Wildman–Crippen MR) is 79.1 cm³/mol. The van der Waals surface area contributed by atoms with Crippen LogP contribution in [-0.2, 0) is 25.0 Å². The Hall–Kier alpha value is -1.16. The van der Waals surface area contributed by atoms with E-state index in [9.17, 15) is 14.3 Å². The molecular weight excluding hydrogens is 291 g/mol. The van der Waals surface area contributed by atoms with Crippen molar-refractivity contribution in [2.24, 2.45) is 0 Å². The number of carbonyl (C=O) groups is 1. The minimum Gasteiger partial charge on any atom is -0.435 e. The van der Waals surface area contributed by atoms with Gasteiger partial charge in [-0.3, -0.25) is 9.36 Å². The fraction of sp³-hybridized carbons (Fsp3) is 0.533. The lowest BCUT2D eigenvalue weighted by Gasteiger charge is -2.23. The van der Waals surface area contributed by atoms with Gasteiger partial charge in [0, 0.05) is 6.42 Å². The summed E-state index contributed by atoms with van der Waals surface area (Å²) in [6.45, 7) is 2.22. The van der Waals surface area contributed by atoms with Gasteiger partial charge in [0.05, 0.1) is 12.8 Å². The second kappa shape index (κ2) is 7.21. The molecule has 5 nitrogen and oxygen atoms in total. The molecule has 21 heavy (non-hydrogen) atoms. The van der Waals surface area contributed by atoms with Crippen molar-refractivity contribution in [3.05, 3.63) is 35.9 Å². The normalized spacial score (nSPS) is 24.5. The average Bonchev–Trinajstić information content (AvgIpc) is 2.88. The van der Waals surface area contributed by atoms with Crippen molar-refractivity contribution < 1.29 is 23.7 Å². The molecule has 0 amide bonds. The van der Waals surface area contributed by atoms with Crippen LogP contribution >= 0.6 is 7.37 Å². The van der Waals surface area contributed by atoms with E-state index >= 15 is 0 Å². The molecular formula is C15H21O5P. The number of rotatable bonds is 6. The van der Waals surface area contributed by atoms with Crippen LogP contribution in [0.4, 0.5) is 0 Å². The highest BCUT2D eigenvalue weighted by molar-refractivity contribution is 7.58. The lowest BCUT2D eigenvalue weighted by atomic mass is 10.2. The Balaban J connectivity index is 2.04. The highest BCUT2D eigenvalue weighted by atomic mass is 31.2.